The zero-order chi connectivity index (χ0) is 76.5. The fourth-order valence-corrected chi connectivity index (χ4v) is 20.7. The largest absolute Gasteiger partial charge is 0.496 e. The molecule has 13 rings (SSSR count). The second-order valence-corrected chi connectivity index (χ2v) is 33.8. The van der Waals surface area contributed by atoms with Crippen LogP contribution in [0, 0.1) is 11.3 Å². The summed E-state index contributed by atoms with van der Waals surface area (Å²) in [6, 6.07) is 17.7. The molecule has 1 unspecified atom stereocenters. The maximum atomic E-state index is 15.3. The summed E-state index contributed by atoms with van der Waals surface area (Å²) in [5, 5.41) is 53.5. The number of nitrogens with two attached hydrogens (primary N) is 1. The second-order valence-electron chi connectivity index (χ2n) is 30.0. The molecule has 3 fully saturated rings. The first-order valence-electron chi connectivity index (χ1n) is 37.2. The molecule has 9 heterocycles. The molecule has 3 aromatic carbocycles. The van der Waals surface area contributed by atoms with Crippen LogP contribution in [0.1, 0.15) is 141 Å². The van der Waals surface area contributed by atoms with Crippen molar-refractivity contribution in [2.45, 2.75) is 170 Å². The molecule has 11 atom stereocenters. The van der Waals surface area contributed by atoms with Crippen molar-refractivity contribution in [1.82, 2.24) is 60.3 Å². The first-order valence-corrected chi connectivity index (χ1v) is 41.1. The number of nitrogens with one attached hydrogen (secondary N) is 4. The number of aromatic amines is 2. The molecule has 2 bridgehead atoms. The number of aliphatic hydroxyl groups excluding tert-OH is 1. The molecule has 578 valence electrons. The molecule has 0 radical (unpaired) electrons. The minimum atomic E-state index is -4.69. The molecule has 1 saturated carbocycles. The molecule has 5 aliphatic heterocycles. The molecule has 2 amide bonds. The number of fused-ring (bicyclic) bond motifs is 7. The summed E-state index contributed by atoms with van der Waals surface area (Å²) in [7, 11) is 1.73. The van der Waals surface area contributed by atoms with Crippen molar-refractivity contribution < 1.29 is 65.9 Å². The van der Waals surface area contributed by atoms with Crippen LogP contribution in [-0.2, 0) is 76.8 Å². The number of hydrogen-bond acceptors (Lipinski definition) is 25. The lowest BCUT2D eigenvalue weighted by Gasteiger charge is -2.63. The van der Waals surface area contributed by atoms with Crippen LogP contribution >= 0.6 is 21.6 Å². The summed E-state index contributed by atoms with van der Waals surface area (Å²) in [4.78, 5) is 107. The van der Waals surface area contributed by atoms with Crippen molar-refractivity contribution in [3.05, 3.63) is 140 Å². The maximum absolute atomic E-state index is 15.3. The molecule has 10 N–H and O–H groups in total. The van der Waals surface area contributed by atoms with Crippen LogP contribution in [0.2, 0.25) is 0 Å². The molecule has 1 spiro atoms. The topological polar surface area (TPSA) is 406 Å². The van der Waals surface area contributed by atoms with Crippen LogP contribution in [0.3, 0.4) is 0 Å². The first kappa shape index (κ1) is 78.0. The smallest absolute Gasteiger partial charge is 0.407 e. The third-order valence-electron chi connectivity index (χ3n) is 23.4. The number of aliphatic hydroxyl groups is 3. The summed E-state index contributed by atoms with van der Waals surface area (Å²) in [5.41, 5.74) is 7.98. The Labute approximate surface area is 634 Å². The van der Waals surface area contributed by atoms with Crippen molar-refractivity contribution in [1.29, 1.82) is 0 Å². The number of nitrogen functional groups attached to an aromatic ring is 1. The number of ketones is 3. The number of piperidine rings is 1. The van der Waals surface area contributed by atoms with Crippen molar-refractivity contribution in [2.75, 3.05) is 88.8 Å². The number of aryl methyl sites for hydroxylation is 2. The van der Waals surface area contributed by atoms with E-state index in [1.807, 2.05) is 43.2 Å². The van der Waals surface area contributed by atoms with Gasteiger partial charge in [-0.2, -0.15) is 13.4 Å². The average molecular weight is 1540 g/mol. The number of Topliss-reactive ketones (excluding diaryl/α,β-unsaturated/α-hetero) is 3. The van der Waals surface area contributed by atoms with E-state index in [0.29, 0.717) is 118 Å². The van der Waals surface area contributed by atoms with Crippen LogP contribution < -0.4 is 31.6 Å². The minimum absolute atomic E-state index is 0.0289. The monoisotopic (exact) mass is 1540 g/mol. The first-order chi connectivity index (χ1) is 51.7. The quantitative estimate of drug-likeness (QED) is 0.00756. The predicted molar refractivity (Wildman–Crippen MR) is 408 cm³/mol. The molecular formula is C76H96N14O15S3. The summed E-state index contributed by atoms with van der Waals surface area (Å²) in [6.07, 6.45) is 10.9. The number of amides is 2. The van der Waals surface area contributed by atoms with Gasteiger partial charge < -0.3 is 51.0 Å². The molecule has 4 aromatic heterocycles. The van der Waals surface area contributed by atoms with Gasteiger partial charge in [-0.15, -0.1) is 5.10 Å². The van der Waals surface area contributed by atoms with Gasteiger partial charge in [0.1, 0.15) is 18.5 Å². The Morgan fingerprint density at radius 3 is 2.46 bits per heavy atom. The fraction of sp³-hybridized carbons (Fsp3) is 0.539. The predicted octanol–water partition coefficient (Wildman–Crippen LogP) is 6.10. The van der Waals surface area contributed by atoms with Gasteiger partial charge >= 0.3 is 16.5 Å². The number of hydrogen-bond donors (Lipinski definition) is 9. The van der Waals surface area contributed by atoms with E-state index in [4.69, 9.17) is 19.8 Å². The van der Waals surface area contributed by atoms with Crippen LogP contribution in [0.15, 0.2) is 90.0 Å². The number of likely N-dealkylation sites (N-methyl/N-ethyl adjacent to an activating group) is 1. The molecular weight excluding hydrogens is 1450 g/mol. The number of carbonyl (C=O) groups is 5. The molecule has 2 saturated heterocycles. The van der Waals surface area contributed by atoms with Gasteiger partial charge in [0, 0.05) is 138 Å². The number of methoxy groups -OCH3 is 1. The number of alkyl carbamates (subject to hydrolysis) is 1. The lowest BCUT2D eigenvalue weighted by atomic mass is 9.47. The Morgan fingerprint density at radius 1 is 0.898 bits per heavy atom. The highest BCUT2D eigenvalue weighted by Crippen LogP contribution is 2.68. The number of para-hydroxylation sites is 1. The van der Waals surface area contributed by atoms with Gasteiger partial charge in [-0.25, -0.2) is 23.6 Å². The maximum Gasteiger partial charge on any atom is 0.407 e. The van der Waals surface area contributed by atoms with Gasteiger partial charge in [0.05, 0.1) is 62.1 Å². The molecule has 6 aliphatic rings. The SMILES string of the molecule is CC[C@]1(O)C[C@H]2CN(CCc3c([nH]c4ccccc34)[C@@](C)(c3cc4c(cc3OC)N(C)[C@H]3[C@@](O)(C(=O)CNC(=O)OCCSSCCCC(=O)[C@H](Cc5cn(CCOS(=O)(=O)O)nn5)NC(=O)CCCCC(=O)c5ccc(CCc6cnc7nc(N)[nH]c(=O)c7n6)cc5)[C@H](O)[C@]5(CC)C=CCN6CC[C@]43[C@@H]65)C2)C1. The zero-order valence-electron chi connectivity index (χ0n) is 61.5. The van der Waals surface area contributed by atoms with E-state index < -0.39 is 92.5 Å². The second kappa shape index (κ2) is 32.0. The third kappa shape index (κ3) is 15.6. The van der Waals surface area contributed by atoms with E-state index in [2.05, 4.69) is 110 Å². The van der Waals surface area contributed by atoms with Gasteiger partial charge in [-0.05, 0) is 119 Å². The van der Waals surface area contributed by atoms with Crippen LogP contribution in [0.25, 0.3) is 22.1 Å². The lowest BCUT2D eigenvalue weighted by Crippen LogP contribution is -2.81. The summed E-state index contributed by atoms with van der Waals surface area (Å²) < 4.78 is 49.0. The van der Waals surface area contributed by atoms with Crippen molar-refractivity contribution in [3.8, 4) is 5.75 Å². The number of anilines is 2. The van der Waals surface area contributed by atoms with Crippen LogP contribution in [0.4, 0.5) is 16.4 Å². The van der Waals surface area contributed by atoms with E-state index >= 15 is 4.79 Å². The number of H-pyrrole nitrogens is 2. The van der Waals surface area contributed by atoms with Gasteiger partial charge in [0.25, 0.3) is 5.56 Å². The summed E-state index contributed by atoms with van der Waals surface area (Å²) >= 11 is 0. The number of unbranched alkanes of at least 4 members (excludes halogenated alkanes) is 1. The average Bonchev–Trinajstić information content (AvgIpc) is 1.47. The highest BCUT2D eigenvalue weighted by molar-refractivity contribution is 8.76. The molecule has 29 nitrogen and oxygen atoms in total. The highest BCUT2D eigenvalue weighted by atomic mass is 33.1. The van der Waals surface area contributed by atoms with Crippen molar-refractivity contribution in [2.24, 2.45) is 11.3 Å². The Morgan fingerprint density at radius 2 is 1.69 bits per heavy atom. The summed E-state index contributed by atoms with van der Waals surface area (Å²) in [6.45, 7) is 8.72. The normalized spacial score (nSPS) is 26.0. The van der Waals surface area contributed by atoms with Crippen molar-refractivity contribution >= 4 is 95.0 Å². The van der Waals surface area contributed by atoms with E-state index in [-0.39, 0.29) is 79.5 Å². The number of nitrogens with zero attached hydrogens (tertiary/aromatic N) is 9. The number of aromatic nitrogens is 8. The Bertz CT molecular complexity index is 4750. The Kier molecular flexibility index (Phi) is 23.1. The fourth-order valence-electron chi connectivity index (χ4n) is 18.5. The molecule has 1 aliphatic carbocycles. The highest BCUT2D eigenvalue weighted by Gasteiger charge is 2.78. The van der Waals surface area contributed by atoms with E-state index in [0.717, 1.165) is 58.5 Å². The van der Waals surface area contributed by atoms with Crippen molar-refractivity contribution in [3.63, 3.8) is 0 Å². The van der Waals surface area contributed by atoms with Gasteiger partial charge in [-0.3, -0.25) is 43.3 Å². The van der Waals surface area contributed by atoms with Crippen LogP contribution in [-0.4, -0.2) is 221 Å². The molecule has 108 heavy (non-hydrogen) atoms. The van der Waals surface area contributed by atoms with Crippen LogP contribution in [0.5, 0.6) is 5.75 Å². The zero-order valence-corrected chi connectivity index (χ0v) is 63.9. The summed E-state index contributed by atoms with van der Waals surface area (Å²) in [5.74, 6) is 0.0486. The van der Waals surface area contributed by atoms with Gasteiger partial charge in [0.2, 0.25) is 11.9 Å². The number of carbonyl (C=O) groups excluding carboxylic acids is 5. The molecule has 7 aromatic rings. The number of benzene rings is 3. The molecule has 32 heteroatoms. The minimum Gasteiger partial charge on any atom is -0.496 e. The standard InChI is InChI=1S/C76H96N14O15S3/c1-6-73(98)40-47-39-72(3,64-52(25-29-88(43-47)45-73)51-14-8-9-15-55(51)82-64)54-37-53-57(38-60(54)103-5)87(4)68-75(53)27-30-89-28-13-26-74(7-2,67(75)89)69(96)76(68,99)61(93)42-79-71(97)104-33-35-107-106-34-12-17-59(92)56(36-50-44-90(86-85-50)31-32-105-108(100,101)102)81-62(94)18-11-10-16-58(91)48-22-19-46(20-23-48)21-24-49-41-78-65-63(80-49)66(95)84-70(77)83-65/h8-9,13-15,19-20,22-23,26,37-38,41,44,47,56,67-69,82,96,98-99H,6-7,10-12,16-18,21,24-25,27-36,39-40,42-43,45H2,1-5H3,(H,79,97)(H,81,94)(H,100,101,102)(H3,77,78,83,84,95)/t47-,56-,67-,68+,69+,72+,73-,74+,75+,76-/m0/s1. The Balaban J connectivity index is 0.611. The van der Waals surface area contributed by atoms with E-state index in [9.17, 15) is 47.7 Å². The van der Waals surface area contributed by atoms with Gasteiger partial charge in [0.15, 0.2) is 34.1 Å². The van der Waals surface area contributed by atoms with E-state index in [1.54, 1.807) is 25.4 Å². The Hall–Kier alpha value is -8.18. The number of ether oxygens (including phenoxy) is 2. The lowest BCUT2D eigenvalue weighted by molar-refractivity contribution is -0.201. The van der Waals surface area contributed by atoms with E-state index in [1.165, 1.54) is 38.0 Å². The number of rotatable bonds is 32. The third-order valence-corrected chi connectivity index (χ3v) is 26.3. The van der Waals surface area contributed by atoms with Gasteiger partial charge in [-0.1, -0.05) is 95.3 Å².